The number of hydrogen-bond donors (Lipinski definition) is 3. The first-order chi connectivity index (χ1) is 14.8. The molecule has 162 valence electrons. The van der Waals surface area contributed by atoms with Gasteiger partial charge in [-0.1, -0.05) is 61.5 Å². The molecule has 0 bridgehead atoms. The van der Waals surface area contributed by atoms with Gasteiger partial charge < -0.3 is 10.6 Å². The van der Waals surface area contributed by atoms with Crippen LogP contribution >= 0.6 is 23.4 Å². The smallest absolute Gasteiger partial charge is 0.251 e. The number of nitrogens with zero attached hydrogens (tertiary/aromatic N) is 2. The van der Waals surface area contributed by atoms with Gasteiger partial charge in [-0.25, -0.2) is 4.98 Å². The Hall–Kier alpha value is -2.84. The molecule has 7 nitrogen and oxygen atoms in total. The fraction of sp³-hybridized carbons (Fsp3) is 0.273. The Morgan fingerprint density at radius 2 is 1.87 bits per heavy atom. The number of carbonyl (C=O) groups excluding carboxylic acids is 2. The second-order valence-electron chi connectivity index (χ2n) is 7.31. The normalized spacial score (nSPS) is 11.9. The molecule has 31 heavy (non-hydrogen) atoms. The summed E-state index contributed by atoms with van der Waals surface area (Å²) in [6.45, 7) is 5.83. The highest BCUT2D eigenvalue weighted by Crippen LogP contribution is 2.24. The van der Waals surface area contributed by atoms with Crippen LogP contribution in [0.5, 0.6) is 0 Å². The van der Waals surface area contributed by atoms with Gasteiger partial charge in [-0.2, -0.15) is 0 Å². The van der Waals surface area contributed by atoms with E-state index in [-0.39, 0.29) is 29.5 Å². The molecule has 1 unspecified atom stereocenters. The number of anilines is 1. The molecule has 0 aliphatic carbocycles. The molecule has 0 saturated carbocycles. The summed E-state index contributed by atoms with van der Waals surface area (Å²) in [7, 11) is 0. The first kappa shape index (κ1) is 22.8. The van der Waals surface area contributed by atoms with Crippen LogP contribution in [0.25, 0.3) is 0 Å². The average Bonchev–Trinajstić information content (AvgIpc) is 3.22. The largest absolute Gasteiger partial charge is 0.342 e. The minimum Gasteiger partial charge on any atom is -0.342 e. The minimum absolute atomic E-state index is 0.0903. The SMILES string of the molecule is Cc1c(Cl)cccc1NC(=O)CSc1n[nH]c(C(NC(=O)c2ccccc2)C(C)C)n1. The average molecular weight is 458 g/mol. The van der Waals surface area contributed by atoms with Crippen molar-refractivity contribution >= 4 is 40.9 Å². The lowest BCUT2D eigenvalue weighted by Crippen LogP contribution is -2.32. The maximum absolute atomic E-state index is 12.5. The zero-order valence-electron chi connectivity index (χ0n) is 17.5. The Bertz CT molecular complexity index is 1060. The fourth-order valence-corrected chi connectivity index (χ4v) is 3.67. The van der Waals surface area contributed by atoms with E-state index in [0.29, 0.717) is 27.3 Å². The predicted octanol–water partition coefficient (Wildman–Crippen LogP) is 4.62. The van der Waals surface area contributed by atoms with E-state index in [4.69, 9.17) is 11.6 Å². The molecule has 1 heterocycles. The summed E-state index contributed by atoms with van der Waals surface area (Å²) in [5, 5.41) is 14.0. The predicted molar refractivity (Wildman–Crippen MR) is 123 cm³/mol. The molecule has 0 aliphatic rings. The second-order valence-corrected chi connectivity index (χ2v) is 8.66. The van der Waals surface area contributed by atoms with E-state index < -0.39 is 0 Å². The summed E-state index contributed by atoms with van der Waals surface area (Å²) in [5.41, 5.74) is 2.07. The highest BCUT2D eigenvalue weighted by atomic mass is 35.5. The number of carbonyl (C=O) groups is 2. The van der Waals surface area contributed by atoms with Crippen molar-refractivity contribution in [3.8, 4) is 0 Å². The molecular weight excluding hydrogens is 434 g/mol. The van der Waals surface area contributed by atoms with Crippen molar-refractivity contribution in [2.45, 2.75) is 32.0 Å². The maximum Gasteiger partial charge on any atom is 0.251 e. The summed E-state index contributed by atoms with van der Waals surface area (Å²) in [4.78, 5) is 29.3. The molecule has 0 fully saturated rings. The highest BCUT2D eigenvalue weighted by molar-refractivity contribution is 7.99. The molecule has 1 aromatic heterocycles. The van der Waals surface area contributed by atoms with Gasteiger partial charge in [0.25, 0.3) is 5.91 Å². The van der Waals surface area contributed by atoms with Crippen LogP contribution in [0.15, 0.2) is 53.7 Å². The third-order valence-electron chi connectivity index (χ3n) is 4.64. The zero-order valence-corrected chi connectivity index (χ0v) is 19.1. The molecular formula is C22H24ClN5O2S. The number of nitrogens with one attached hydrogen (secondary N) is 3. The lowest BCUT2D eigenvalue weighted by atomic mass is 10.0. The lowest BCUT2D eigenvalue weighted by Gasteiger charge is -2.19. The van der Waals surface area contributed by atoms with Crippen molar-refractivity contribution in [1.29, 1.82) is 0 Å². The van der Waals surface area contributed by atoms with Crippen molar-refractivity contribution in [3.05, 3.63) is 70.5 Å². The van der Waals surface area contributed by atoms with Gasteiger partial charge in [-0.05, 0) is 42.7 Å². The number of hydrogen-bond acceptors (Lipinski definition) is 5. The summed E-state index contributed by atoms with van der Waals surface area (Å²) < 4.78 is 0. The number of thioether (sulfide) groups is 1. The van der Waals surface area contributed by atoms with Gasteiger partial charge >= 0.3 is 0 Å². The molecule has 3 N–H and O–H groups in total. The third-order valence-corrected chi connectivity index (χ3v) is 5.90. The van der Waals surface area contributed by atoms with Crippen molar-refractivity contribution < 1.29 is 9.59 Å². The van der Waals surface area contributed by atoms with E-state index >= 15 is 0 Å². The minimum atomic E-state index is -0.336. The van der Waals surface area contributed by atoms with E-state index in [2.05, 4.69) is 25.8 Å². The Kier molecular flexibility index (Phi) is 7.70. The van der Waals surface area contributed by atoms with Crippen LogP contribution in [-0.2, 0) is 4.79 Å². The van der Waals surface area contributed by atoms with Crippen LogP contribution in [-0.4, -0.2) is 32.7 Å². The standard InChI is InChI=1S/C22H24ClN5O2S/c1-13(2)19(25-21(30)15-8-5-4-6-9-15)20-26-22(28-27-20)31-12-18(29)24-17-11-7-10-16(23)14(17)3/h4-11,13,19H,12H2,1-3H3,(H,24,29)(H,25,30)(H,26,27,28). The summed E-state index contributed by atoms with van der Waals surface area (Å²) >= 11 is 7.30. The Morgan fingerprint density at radius 3 is 2.58 bits per heavy atom. The Balaban J connectivity index is 1.60. The Labute approximate surface area is 190 Å². The summed E-state index contributed by atoms with van der Waals surface area (Å²) in [6, 6.07) is 14.0. The molecule has 0 radical (unpaired) electrons. The van der Waals surface area contributed by atoms with E-state index in [9.17, 15) is 9.59 Å². The molecule has 3 aromatic rings. The van der Waals surface area contributed by atoms with Crippen LogP contribution in [0.1, 0.15) is 41.6 Å². The van der Waals surface area contributed by atoms with Gasteiger partial charge in [-0.15, -0.1) is 5.10 Å². The summed E-state index contributed by atoms with van der Waals surface area (Å²) in [5.74, 6) is 0.424. The van der Waals surface area contributed by atoms with Gasteiger partial charge in [-0.3, -0.25) is 14.7 Å². The van der Waals surface area contributed by atoms with Crippen LogP contribution in [0.2, 0.25) is 5.02 Å². The number of benzene rings is 2. The van der Waals surface area contributed by atoms with Crippen LogP contribution in [0.4, 0.5) is 5.69 Å². The van der Waals surface area contributed by atoms with Crippen LogP contribution < -0.4 is 10.6 Å². The van der Waals surface area contributed by atoms with Crippen LogP contribution in [0, 0.1) is 12.8 Å². The van der Waals surface area contributed by atoms with Gasteiger partial charge in [0.15, 0.2) is 0 Å². The number of aromatic nitrogens is 3. The van der Waals surface area contributed by atoms with Gasteiger partial charge in [0.05, 0.1) is 11.8 Å². The van der Waals surface area contributed by atoms with Gasteiger partial charge in [0, 0.05) is 16.3 Å². The highest BCUT2D eigenvalue weighted by Gasteiger charge is 2.23. The first-order valence-corrected chi connectivity index (χ1v) is 11.2. The number of amides is 2. The van der Waals surface area contributed by atoms with E-state index in [1.54, 1.807) is 30.3 Å². The number of H-pyrrole nitrogens is 1. The van der Waals surface area contributed by atoms with E-state index in [1.807, 2.05) is 39.0 Å². The quantitative estimate of drug-likeness (QED) is 0.428. The number of aromatic amines is 1. The van der Waals surface area contributed by atoms with E-state index in [1.165, 1.54) is 11.8 Å². The summed E-state index contributed by atoms with van der Waals surface area (Å²) in [6.07, 6.45) is 0. The van der Waals surface area contributed by atoms with Crippen molar-refractivity contribution in [1.82, 2.24) is 20.5 Å². The molecule has 9 heteroatoms. The monoisotopic (exact) mass is 457 g/mol. The van der Waals surface area contributed by atoms with E-state index in [0.717, 1.165) is 5.56 Å². The topological polar surface area (TPSA) is 99.8 Å². The fourth-order valence-electron chi connectivity index (χ4n) is 2.89. The molecule has 3 rings (SSSR count). The van der Waals surface area contributed by atoms with Gasteiger partial charge in [0.1, 0.15) is 5.82 Å². The molecule has 2 aromatic carbocycles. The molecule has 0 aliphatic heterocycles. The van der Waals surface area contributed by atoms with Crippen molar-refractivity contribution in [2.24, 2.45) is 5.92 Å². The van der Waals surface area contributed by atoms with Crippen LogP contribution in [0.3, 0.4) is 0 Å². The molecule has 0 saturated heterocycles. The Morgan fingerprint density at radius 1 is 1.13 bits per heavy atom. The maximum atomic E-state index is 12.5. The second kappa shape index (κ2) is 10.5. The number of rotatable bonds is 8. The molecule has 2 amide bonds. The third kappa shape index (κ3) is 6.08. The molecule has 0 spiro atoms. The zero-order chi connectivity index (χ0) is 22.4. The molecule has 1 atom stereocenters. The van der Waals surface area contributed by atoms with Gasteiger partial charge in [0.2, 0.25) is 11.1 Å². The lowest BCUT2D eigenvalue weighted by molar-refractivity contribution is -0.113. The van der Waals surface area contributed by atoms with Crippen molar-refractivity contribution in [2.75, 3.05) is 11.1 Å². The van der Waals surface area contributed by atoms with Crippen molar-refractivity contribution in [3.63, 3.8) is 0 Å². The first-order valence-electron chi connectivity index (χ1n) is 9.81. The number of halogens is 1.